The van der Waals surface area contributed by atoms with E-state index in [1.807, 2.05) is 24.3 Å². The highest BCUT2D eigenvalue weighted by atomic mass is 32.2. The van der Waals surface area contributed by atoms with Gasteiger partial charge >= 0.3 is 0 Å². The normalized spacial score (nSPS) is 24.7. The second-order valence-electron chi connectivity index (χ2n) is 10.1. The van der Waals surface area contributed by atoms with Gasteiger partial charge in [-0.25, -0.2) is 16.8 Å². The van der Waals surface area contributed by atoms with Gasteiger partial charge in [-0.3, -0.25) is 4.79 Å². The number of benzene rings is 1. The predicted molar refractivity (Wildman–Crippen MR) is 125 cm³/mol. The van der Waals surface area contributed by atoms with Gasteiger partial charge in [-0.15, -0.1) is 0 Å². The third kappa shape index (κ3) is 6.31. The van der Waals surface area contributed by atoms with Crippen LogP contribution in [0.3, 0.4) is 0 Å². The second-order valence-corrected chi connectivity index (χ2v) is 15.2. The van der Waals surface area contributed by atoms with Gasteiger partial charge in [0.25, 0.3) is 0 Å². The van der Waals surface area contributed by atoms with E-state index >= 15 is 0 Å². The van der Waals surface area contributed by atoms with Gasteiger partial charge in [0.2, 0.25) is 0 Å². The molecule has 8 heteroatoms. The summed E-state index contributed by atoms with van der Waals surface area (Å²) in [6.45, 7) is 6.26. The Labute approximate surface area is 187 Å². The molecule has 1 aliphatic heterocycles. The summed E-state index contributed by atoms with van der Waals surface area (Å²) >= 11 is 0. The average molecular weight is 470 g/mol. The Morgan fingerprint density at radius 1 is 1.00 bits per heavy atom. The van der Waals surface area contributed by atoms with Crippen molar-refractivity contribution in [2.75, 3.05) is 35.2 Å². The van der Waals surface area contributed by atoms with E-state index in [4.69, 9.17) is 0 Å². The quantitative estimate of drug-likeness (QED) is 0.636. The van der Waals surface area contributed by atoms with Gasteiger partial charge in [-0.05, 0) is 70.1 Å². The standard InChI is InChI=1S/C23H35NO5S2/c1-23(2,3)31(28,29)17-19-4-8-20(9-5-19)22(25)16-18-6-10-21(11-7-18)24-12-14-30(26,27)15-13-24/h6-7,10-11,19-20H,4-5,8-9,12-17H2,1-3H3. The third-order valence-electron chi connectivity index (χ3n) is 6.71. The maximum atomic E-state index is 12.8. The molecule has 174 valence electrons. The first kappa shape index (κ1) is 24.2. The molecule has 0 unspecified atom stereocenters. The highest BCUT2D eigenvalue weighted by molar-refractivity contribution is 7.92. The van der Waals surface area contributed by atoms with Crippen molar-refractivity contribution in [2.45, 2.75) is 57.6 Å². The summed E-state index contributed by atoms with van der Waals surface area (Å²) in [5, 5.41) is 0. The number of hydrogen-bond donors (Lipinski definition) is 0. The van der Waals surface area contributed by atoms with E-state index in [0.717, 1.165) is 36.9 Å². The number of Topliss-reactive ketones (excluding diaryl/α,β-unsaturated/α-hetero) is 1. The van der Waals surface area contributed by atoms with Crippen molar-refractivity contribution in [2.24, 2.45) is 11.8 Å². The molecule has 1 saturated heterocycles. The molecule has 0 radical (unpaired) electrons. The maximum Gasteiger partial charge on any atom is 0.155 e. The number of carbonyl (C=O) groups is 1. The molecule has 0 spiro atoms. The largest absolute Gasteiger partial charge is 0.369 e. The van der Waals surface area contributed by atoms with Crippen LogP contribution < -0.4 is 4.90 Å². The minimum absolute atomic E-state index is 0.0144. The van der Waals surface area contributed by atoms with Crippen LogP contribution >= 0.6 is 0 Å². The highest BCUT2D eigenvalue weighted by Crippen LogP contribution is 2.33. The fourth-order valence-corrected chi connectivity index (χ4v) is 7.01. The molecule has 6 nitrogen and oxygen atoms in total. The van der Waals surface area contributed by atoms with Crippen LogP contribution in [0.1, 0.15) is 52.0 Å². The SMILES string of the molecule is CC(C)(C)S(=O)(=O)CC1CCC(C(=O)Cc2ccc(N3CCS(=O)(=O)CC3)cc2)CC1. The Morgan fingerprint density at radius 2 is 1.55 bits per heavy atom. The zero-order valence-corrected chi connectivity index (χ0v) is 20.5. The molecule has 2 fully saturated rings. The number of rotatable bonds is 6. The van der Waals surface area contributed by atoms with Crippen LogP contribution in [-0.2, 0) is 30.9 Å². The van der Waals surface area contributed by atoms with E-state index in [-0.39, 0.29) is 34.9 Å². The summed E-state index contributed by atoms with van der Waals surface area (Å²) < 4.78 is 47.4. The Bertz CT molecular complexity index is 969. The van der Waals surface area contributed by atoms with E-state index < -0.39 is 24.4 Å². The van der Waals surface area contributed by atoms with Gasteiger partial charge < -0.3 is 4.90 Å². The summed E-state index contributed by atoms with van der Waals surface area (Å²) in [7, 11) is -6.03. The van der Waals surface area contributed by atoms with Crippen molar-refractivity contribution in [1.29, 1.82) is 0 Å². The molecule has 1 aromatic rings. The summed E-state index contributed by atoms with van der Waals surface area (Å²) in [5.41, 5.74) is 1.96. The lowest BCUT2D eigenvalue weighted by Crippen LogP contribution is -2.40. The van der Waals surface area contributed by atoms with Crippen molar-refractivity contribution in [1.82, 2.24) is 0 Å². The van der Waals surface area contributed by atoms with Crippen molar-refractivity contribution < 1.29 is 21.6 Å². The molecule has 2 aliphatic rings. The summed E-state index contributed by atoms with van der Waals surface area (Å²) in [6.07, 6.45) is 3.52. The van der Waals surface area contributed by atoms with Crippen LogP contribution in [0, 0.1) is 11.8 Å². The third-order valence-corrected chi connectivity index (χ3v) is 11.1. The smallest absolute Gasteiger partial charge is 0.155 e. The average Bonchev–Trinajstić information content (AvgIpc) is 2.68. The molecule has 0 bridgehead atoms. The monoisotopic (exact) mass is 469 g/mol. The molecule has 1 heterocycles. The lowest BCUT2D eigenvalue weighted by molar-refractivity contribution is -0.123. The molecule has 0 aromatic heterocycles. The zero-order chi connectivity index (χ0) is 22.9. The van der Waals surface area contributed by atoms with Gasteiger partial charge in [-0.2, -0.15) is 0 Å². The van der Waals surface area contributed by atoms with E-state index in [1.54, 1.807) is 20.8 Å². The van der Waals surface area contributed by atoms with Gasteiger partial charge in [0.1, 0.15) is 5.78 Å². The Morgan fingerprint density at radius 3 is 2.06 bits per heavy atom. The van der Waals surface area contributed by atoms with Crippen LogP contribution in [0.5, 0.6) is 0 Å². The molecule has 0 N–H and O–H groups in total. The van der Waals surface area contributed by atoms with Crippen LogP contribution in [0.25, 0.3) is 0 Å². The fourth-order valence-electron chi connectivity index (χ4n) is 4.35. The molecule has 0 atom stereocenters. The Balaban J connectivity index is 1.49. The van der Waals surface area contributed by atoms with E-state index in [9.17, 15) is 21.6 Å². The Hall–Kier alpha value is -1.41. The lowest BCUT2D eigenvalue weighted by Gasteiger charge is -2.30. The predicted octanol–water partition coefficient (Wildman–Crippen LogP) is 3.05. The van der Waals surface area contributed by atoms with Crippen molar-refractivity contribution >= 4 is 31.1 Å². The van der Waals surface area contributed by atoms with Gasteiger partial charge in [0.05, 0.1) is 22.0 Å². The first-order valence-corrected chi connectivity index (χ1v) is 14.6. The molecular weight excluding hydrogens is 434 g/mol. The molecular formula is C23H35NO5S2. The number of nitrogens with zero attached hydrogens (tertiary/aromatic N) is 1. The molecule has 1 aliphatic carbocycles. The second kappa shape index (κ2) is 9.22. The summed E-state index contributed by atoms with van der Waals surface area (Å²) in [5.74, 6) is 0.992. The topological polar surface area (TPSA) is 88.6 Å². The number of ketones is 1. The van der Waals surface area contributed by atoms with Crippen LogP contribution in [-0.4, -0.2) is 57.7 Å². The van der Waals surface area contributed by atoms with Gasteiger partial charge in [0, 0.05) is 31.1 Å². The van der Waals surface area contributed by atoms with E-state index in [1.165, 1.54) is 0 Å². The van der Waals surface area contributed by atoms with Crippen molar-refractivity contribution in [3.63, 3.8) is 0 Å². The summed E-state index contributed by atoms with van der Waals surface area (Å²) in [4.78, 5) is 14.9. The Kier molecular flexibility index (Phi) is 7.21. The molecule has 3 rings (SSSR count). The first-order valence-electron chi connectivity index (χ1n) is 11.2. The molecule has 1 saturated carbocycles. The van der Waals surface area contributed by atoms with Gasteiger partial charge in [-0.1, -0.05) is 12.1 Å². The summed E-state index contributed by atoms with van der Waals surface area (Å²) in [6, 6.07) is 7.85. The van der Waals surface area contributed by atoms with Gasteiger partial charge in [0.15, 0.2) is 19.7 Å². The van der Waals surface area contributed by atoms with Crippen LogP contribution in [0.4, 0.5) is 5.69 Å². The minimum Gasteiger partial charge on any atom is -0.369 e. The lowest BCUT2D eigenvalue weighted by atomic mass is 9.79. The number of carbonyl (C=O) groups excluding carboxylic acids is 1. The molecule has 1 aromatic carbocycles. The van der Waals surface area contributed by atoms with Crippen LogP contribution in [0.15, 0.2) is 24.3 Å². The molecule has 31 heavy (non-hydrogen) atoms. The number of sulfone groups is 2. The van der Waals surface area contributed by atoms with Crippen molar-refractivity contribution in [3.05, 3.63) is 29.8 Å². The molecule has 0 amide bonds. The van der Waals surface area contributed by atoms with E-state index in [0.29, 0.717) is 19.5 Å². The fraction of sp³-hybridized carbons (Fsp3) is 0.696. The maximum absolute atomic E-state index is 12.8. The highest BCUT2D eigenvalue weighted by Gasteiger charge is 2.34. The van der Waals surface area contributed by atoms with Crippen molar-refractivity contribution in [3.8, 4) is 0 Å². The first-order chi connectivity index (χ1) is 14.4. The number of hydrogen-bond acceptors (Lipinski definition) is 6. The van der Waals surface area contributed by atoms with E-state index in [2.05, 4.69) is 4.90 Å². The van der Waals surface area contributed by atoms with Crippen LogP contribution in [0.2, 0.25) is 0 Å². The minimum atomic E-state index is -3.13. The number of anilines is 1. The zero-order valence-electron chi connectivity index (χ0n) is 18.8.